The SMILES string of the molecule is CN=C(NCc1ccc(CN2CCCC2)cc1)N1CCN(c2cnn(C)c2)C(=O)C1. The second-order valence-electron chi connectivity index (χ2n) is 8.04. The molecule has 160 valence electrons. The third-order valence-corrected chi connectivity index (χ3v) is 5.81. The zero-order valence-electron chi connectivity index (χ0n) is 17.9. The Balaban J connectivity index is 1.29. The first-order valence-electron chi connectivity index (χ1n) is 10.7. The minimum absolute atomic E-state index is 0.0588. The van der Waals surface area contributed by atoms with Crippen LogP contribution in [0.4, 0.5) is 5.69 Å². The van der Waals surface area contributed by atoms with Crippen molar-refractivity contribution in [1.29, 1.82) is 0 Å². The van der Waals surface area contributed by atoms with Gasteiger partial charge in [0.15, 0.2) is 5.96 Å². The molecule has 0 spiro atoms. The summed E-state index contributed by atoms with van der Waals surface area (Å²) in [7, 11) is 3.62. The highest BCUT2D eigenvalue weighted by Crippen LogP contribution is 2.16. The van der Waals surface area contributed by atoms with Gasteiger partial charge in [-0.1, -0.05) is 24.3 Å². The lowest BCUT2D eigenvalue weighted by atomic mass is 10.1. The highest BCUT2D eigenvalue weighted by atomic mass is 16.2. The van der Waals surface area contributed by atoms with E-state index in [1.807, 2.05) is 18.1 Å². The summed E-state index contributed by atoms with van der Waals surface area (Å²) < 4.78 is 1.71. The van der Waals surface area contributed by atoms with Gasteiger partial charge in [0.2, 0.25) is 5.91 Å². The zero-order valence-corrected chi connectivity index (χ0v) is 17.9. The van der Waals surface area contributed by atoms with Gasteiger partial charge in [0.05, 0.1) is 11.9 Å². The number of anilines is 1. The molecular weight excluding hydrogens is 378 g/mol. The van der Waals surface area contributed by atoms with Crippen molar-refractivity contribution in [2.24, 2.45) is 12.0 Å². The molecule has 0 radical (unpaired) electrons. The van der Waals surface area contributed by atoms with Crippen LogP contribution >= 0.6 is 0 Å². The Hall–Kier alpha value is -2.87. The number of nitrogens with zero attached hydrogens (tertiary/aromatic N) is 6. The molecule has 0 bridgehead atoms. The Labute approximate surface area is 178 Å². The number of aliphatic imine (C=N–C) groups is 1. The van der Waals surface area contributed by atoms with Gasteiger partial charge < -0.3 is 15.1 Å². The molecule has 30 heavy (non-hydrogen) atoms. The Kier molecular flexibility index (Phi) is 6.32. The maximum Gasteiger partial charge on any atom is 0.246 e. The third-order valence-electron chi connectivity index (χ3n) is 5.81. The second-order valence-corrected chi connectivity index (χ2v) is 8.04. The van der Waals surface area contributed by atoms with Crippen LogP contribution in [0.2, 0.25) is 0 Å². The van der Waals surface area contributed by atoms with Gasteiger partial charge >= 0.3 is 0 Å². The van der Waals surface area contributed by atoms with Crippen molar-refractivity contribution in [1.82, 2.24) is 24.9 Å². The fraction of sp³-hybridized carbons (Fsp3) is 0.500. The van der Waals surface area contributed by atoms with Crippen LogP contribution in [-0.4, -0.2) is 71.2 Å². The number of carbonyl (C=O) groups is 1. The smallest absolute Gasteiger partial charge is 0.246 e. The van der Waals surface area contributed by atoms with E-state index >= 15 is 0 Å². The summed E-state index contributed by atoms with van der Waals surface area (Å²) in [6.07, 6.45) is 6.24. The Morgan fingerprint density at radius 2 is 1.83 bits per heavy atom. The van der Waals surface area contributed by atoms with E-state index in [1.54, 1.807) is 22.8 Å². The van der Waals surface area contributed by atoms with Crippen LogP contribution in [0.15, 0.2) is 41.7 Å². The number of hydrogen-bond donors (Lipinski definition) is 1. The monoisotopic (exact) mass is 409 g/mol. The number of carbonyl (C=O) groups excluding carboxylic acids is 1. The lowest BCUT2D eigenvalue weighted by Crippen LogP contribution is -2.55. The molecule has 2 fully saturated rings. The molecule has 2 saturated heterocycles. The molecule has 1 aromatic heterocycles. The summed E-state index contributed by atoms with van der Waals surface area (Å²) in [5, 5.41) is 7.57. The van der Waals surface area contributed by atoms with Gasteiger partial charge in [-0.25, -0.2) is 0 Å². The fourth-order valence-corrected chi connectivity index (χ4v) is 4.15. The lowest BCUT2D eigenvalue weighted by molar-refractivity contribution is -0.120. The molecule has 0 unspecified atom stereocenters. The average molecular weight is 410 g/mol. The molecule has 2 aliphatic rings. The fourth-order valence-electron chi connectivity index (χ4n) is 4.15. The number of aromatic nitrogens is 2. The minimum Gasteiger partial charge on any atom is -0.352 e. The molecule has 3 heterocycles. The normalized spacial score (nSPS) is 18.3. The van der Waals surface area contributed by atoms with Gasteiger partial charge in [-0.2, -0.15) is 5.10 Å². The standard InChI is InChI=1S/C22H31N7O/c1-23-22(28-11-12-29(21(30)17-28)20-14-25-26(2)16-20)24-13-18-5-7-19(8-6-18)15-27-9-3-4-10-27/h5-8,14,16H,3-4,9-13,15,17H2,1-2H3,(H,23,24). The van der Waals surface area contributed by atoms with E-state index < -0.39 is 0 Å². The first kappa shape index (κ1) is 20.4. The number of likely N-dealkylation sites (tertiary alicyclic amines) is 1. The number of benzene rings is 1. The molecule has 4 rings (SSSR count). The molecule has 1 aromatic carbocycles. The number of piperazine rings is 1. The van der Waals surface area contributed by atoms with Crippen LogP contribution < -0.4 is 10.2 Å². The van der Waals surface area contributed by atoms with Crippen LogP contribution in [0, 0.1) is 0 Å². The summed E-state index contributed by atoms with van der Waals surface area (Å²) in [5.74, 6) is 0.818. The first-order chi connectivity index (χ1) is 14.6. The van der Waals surface area contributed by atoms with Crippen molar-refractivity contribution in [2.75, 3.05) is 44.7 Å². The number of nitrogens with one attached hydrogen (secondary N) is 1. The molecule has 8 heteroatoms. The van der Waals surface area contributed by atoms with Crippen LogP contribution in [-0.2, 0) is 24.9 Å². The van der Waals surface area contributed by atoms with E-state index in [1.165, 1.54) is 37.1 Å². The summed E-state index contributed by atoms with van der Waals surface area (Å²) in [4.78, 5) is 23.3. The molecular formula is C22H31N7O. The van der Waals surface area contributed by atoms with Crippen molar-refractivity contribution in [2.45, 2.75) is 25.9 Å². The van der Waals surface area contributed by atoms with Crippen LogP contribution in [0.1, 0.15) is 24.0 Å². The summed E-state index contributed by atoms with van der Waals surface area (Å²) in [6.45, 7) is 5.82. The molecule has 8 nitrogen and oxygen atoms in total. The minimum atomic E-state index is 0.0588. The predicted molar refractivity (Wildman–Crippen MR) is 118 cm³/mol. The van der Waals surface area contributed by atoms with Crippen molar-refractivity contribution >= 4 is 17.6 Å². The number of rotatable bonds is 5. The number of hydrogen-bond acceptors (Lipinski definition) is 4. The van der Waals surface area contributed by atoms with Gasteiger partial charge in [-0.05, 0) is 37.1 Å². The molecule has 0 atom stereocenters. The quantitative estimate of drug-likeness (QED) is 0.598. The predicted octanol–water partition coefficient (Wildman–Crippen LogP) is 1.44. The molecule has 1 amide bonds. The molecule has 2 aromatic rings. The number of guanidine groups is 1. The van der Waals surface area contributed by atoms with Crippen molar-refractivity contribution < 1.29 is 4.79 Å². The van der Waals surface area contributed by atoms with Crippen molar-refractivity contribution in [3.8, 4) is 0 Å². The Morgan fingerprint density at radius 1 is 1.10 bits per heavy atom. The number of amides is 1. The Morgan fingerprint density at radius 3 is 2.47 bits per heavy atom. The van der Waals surface area contributed by atoms with E-state index in [2.05, 4.69) is 44.6 Å². The van der Waals surface area contributed by atoms with E-state index in [0.717, 1.165) is 24.7 Å². The van der Waals surface area contributed by atoms with Gasteiger partial charge in [-0.3, -0.25) is 19.4 Å². The van der Waals surface area contributed by atoms with Crippen molar-refractivity contribution in [3.63, 3.8) is 0 Å². The second kappa shape index (κ2) is 9.30. The topological polar surface area (TPSA) is 69.0 Å². The maximum atomic E-state index is 12.6. The van der Waals surface area contributed by atoms with Crippen LogP contribution in [0.3, 0.4) is 0 Å². The summed E-state index contributed by atoms with van der Waals surface area (Å²) in [5.41, 5.74) is 3.42. The largest absolute Gasteiger partial charge is 0.352 e. The van der Waals surface area contributed by atoms with Gasteiger partial charge in [-0.15, -0.1) is 0 Å². The van der Waals surface area contributed by atoms with Crippen LogP contribution in [0.5, 0.6) is 0 Å². The highest BCUT2D eigenvalue weighted by Gasteiger charge is 2.27. The molecule has 1 N–H and O–H groups in total. The third kappa shape index (κ3) is 4.81. The van der Waals surface area contributed by atoms with Crippen LogP contribution in [0.25, 0.3) is 0 Å². The van der Waals surface area contributed by atoms with E-state index in [0.29, 0.717) is 19.6 Å². The summed E-state index contributed by atoms with van der Waals surface area (Å²) >= 11 is 0. The Bertz CT molecular complexity index is 883. The highest BCUT2D eigenvalue weighted by molar-refractivity contribution is 5.98. The molecule has 0 saturated carbocycles. The van der Waals surface area contributed by atoms with Gasteiger partial charge in [0.1, 0.15) is 6.54 Å². The maximum absolute atomic E-state index is 12.6. The van der Waals surface area contributed by atoms with E-state index in [4.69, 9.17) is 0 Å². The lowest BCUT2D eigenvalue weighted by Gasteiger charge is -2.35. The summed E-state index contributed by atoms with van der Waals surface area (Å²) in [6, 6.07) is 8.79. The number of aryl methyl sites for hydroxylation is 1. The average Bonchev–Trinajstić information content (AvgIpc) is 3.41. The molecule has 0 aliphatic carbocycles. The van der Waals surface area contributed by atoms with E-state index in [9.17, 15) is 4.79 Å². The zero-order chi connectivity index (χ0) is 20.9. The van der Waals surface area contributed by atoms with Gasteiger partial charge in [0.25, 0.3) is 0 Å². The van der Waals surface area contributed by atoms with Crippen molar-refractivity contribution in [3.05, 3.63) is 47.8 Å². The van der Waals surface area contributed by atoms with Gasteiger partial charge in [0, 0.05) is 46.5 Å². The first-order valence-corrected chi connectivity index (χ1v) is 10.7. The molecule has 2 aliphatic heterocycles. The van der Waals surface area contributed by atoms with E-state index in [-0.39, 0.29) is 5.91 Å².